The van der Waals surface area contributed by atoms with Gasteiger partial charge in [0.05, 0.1) is 0 Å². The molecule has 5 nitrogen and oxygen atoms in total. The van der Waals surface area contributed by atoms with Gasteiger partial charge in [-0.15, -0.1) is 24.8 Å². The Hall–Kier alpha value is -1.08. The number of amides is 1. The van der Waals surface area contributed by atoms with E-state index in [1.54, 1.807) is 19.2 Å². The van der Waals surface area contributed by atoms with E-state index in [1.165, 1.54) is 6.07 Å². The number of nitrogens with one attached hydrogen (secondary N) is 2. The first-order valence-corrected chi connectivity index (χ1v) is 8.70. The van der Waals surface area contributed by atoms with E-state index in [0.29, 0.717) is 19.4 Å². The van der Waals surface area contributed by atoms with Crippen molar-refractivity contribution in [3.63, 3.8) is 0 Å². The van der Waals surface area contributed by atoms with Crippen LogP contribution in [0.15, 0.2) is 24.3 Å². The van der Waals surface area contributed by atoms with Crippen molar-refractivity contribution in [2.75, 3.05) is 38.2 Å². The highest BCUT2D eigenvalue weighted by molar-refractivity contribution is 5.86. The van der Waals surface area contributed by atoms with E-state index < -0.39 is 5.60 Å². The highest BCUT2D eigenvalue weighted by Gasteiger charge is 2.40. The Labute approximate surface area is 166 Å². The normalized spacial score (nSPS) is 21.9. The SMILES string of the molecule is COC1(C(=O)NC2CCCN(c3cccc(F)c3)C2)CCNCC1.Cl.Cl. The number of ether oxygens (including phenoxy) is 1. The van der Waals surface area contributed by atoms with Crippen LogP contribution in [0, 0.1) is 5.82 Å². The molecule has 1 atom stereocenters. The maximum atomic E-state index is 13.4. The molecule has 0 radical (unpaired) electrons. The number of halogens is 3. The van der Waals surface area contributed by atoms with E-state index in [-0.39, 0.29) is 42.6 Å². The second-order valence-electron chi connectivity index (χ2n) is 6.69. The Morgan fingerprint density at radius 3 is 2.73 bits per heavy atom. The molecular formula is C18H28Cl2FN3O2. The van der Waals surface area contributed by atoms with Gasteiger partial charge in [0.15, 0.2) is 0 Å². The highest BCUT2D eigenvalue weighted by Crippen LogP contribution is 2.25. The van der Waals surface area contributed by atoms with E-state index in [9.17, 15) is 9.18 Å². The summed E-state index contributed by atoms with van der Waals surface area (Å²) in [6, 6.07) is 6.70. The minimum absolute atomic E-state index is 0. The summed E-state index contributed by atoms with van der Waals surface area (Å²) in [5.41, 5.74) is 0.157. The van der Waals surface area contributed by atoms with E-state index >= 15 is 0 Å². The van der Waals surface area contributed by atoms with Crippen molar-refractivity contribution >= 4 is 36.4 Å². The maximum Gasteiger partial charge on any atom is 0.252 e. The molecule has 2 saturated heterocycles. The molecule has 0 spiro atoms. The van der Waals surface area contributed by atoms with Crippen LogP contribution in [0.3, 0.4) is 0 Å². The molecule has 2 heterocycles. The third-order valence-corrected chi connectivity index (χ3v) is 5.15. The van der Waals surface area contributed by atoms with Crippen molar-refractivity contribution in [3.8, 4) is 0 Å². The summed E-state index contributed by atoms with van der Waals surface area (Å²) in [6.07, 6.45) is 3.30. The average molecular weight is 408 g/mol. The summed E-state index contributed by atoms with van der Waals surface area (Å²) >= 11 is 0. The molecule has 2 N–H and O–H groups in total. The Morgan fingerprint density at radius 2 is 2.08 bits per heavy atom. The van der Waals surface area contributed by atoms with Crippen LogP contribution in [-0.4, -0.2) is 50.8 Å². The van der Waals surface area contributed by atoms with Gasteiger partial charge < -0.3 is 20.3 Å². The molecule has 2 aliphatic heterocycles. The summed E-state index contributed by atoms with van der Waals surface area (Å²) in [4.78, 5) is 14.9. The predicted octanol–water partition coefficient (Wildman–Crippen LogP) is 2.52. The number of piperidine rings is 2. The second-order valence-corrected chi connectivity index (χ2v) is 6.69. The molecule has 0 saturated carbocycles. The highest BCUT2D eigenvalue weighted by atomic mass is 35.5. The number of hydrogen-bond acceptors (Lipinski definition) is 4. The summed E-state index contributed by atoms with van der Waals surface area (Å²) in [7, 11) is 1.62. The average Bonchev–Trinajstić information content (AvgIpc) is 2.62. The van der Waals surface area contributed by atoms with Crippen molar-refractivity contribution in [2.24, 2.45) is 0 Å². The molecule has 0 aliphatic carbocycles. The van der Waals surface area contributed by atoms with Gasteiger partial charge in [0, 0.05) is 31.9 Å². The summed E-state index contributed by atoms with van der Waals surface area (Å²) in [5, 5.41) is 6.43. The van der Waals surface area contributed by atoms with Crippen LogP contribution < -0.4 is 15.5 Å². The van der Waals surface area contributed by atoms with Crippen LogP contribution >= 0.6 is 24.8 Å². The van der Waals surface area contributed by atoms with Crippen LogP contribution in [0.4, 0.5) is 10.1 Å². The zero-order valence-corrected chi connectivity index (χ0v) is 16.6. The van der Waals surface area contributed by atoms with Crippen molar-refractivity contribution in [2.45, 2.75) is 37.3 Å². The molecule has 0 aromatic heterocycles. The summed E-state index contributed by atoms with van der Waals surface area (Å²) in [6.45, 7) is 3.17. The Morgan fingerprint density at radius 1 is 1.35 bits per heavy atom. The van der Waals surface area contributed by atoms with Crippen molar-refractivity contribution in [1.82, 2.24) is 10.6 Å². The zero-order valence-electron chi connectivity index (χ0n) is 15.0. The number of carbonyl (C=O) groups excluding carboxylic acids is 1. The van der Waals surface area contributed by atoms with E-state index in [0.717, 1.165) is 38.2 Å². The molecule has 8 heteroatoms. The van der Waals surface area contributed by atoms with Gasteiger partial charge in [0.25, 0.3) is 5.91 Å². The largest absolute Gasteiger partial charge is 0.369 e. The first kappa shape index (κ1) is 23.0. The monoisotopic (exact) mass is 407 g/mol. The number of benzene rings is 1. The zero-order chi connectivity index (χ0) is 17.0. The van der Waals surface area contributed by atoms with Crippen LogP contribution in [0.5, 0.6) is 0 Å². The quantitative estimate of drug-likeness (QED) is 0.804. The molecule has 0 bridgehead atoms. The third-order valence-electron chi connectivity index (χ3n) is 5.15. The molecule has 2 fully saturated rings. The van der Waals surface area contributed by atoms with E-state index in [4.69, 9.17) is 4.74 Å². The van der Waals surface area contributed by atoms with Crippen LogP contribution in [0.1, 0.15) is 25.7 Å². The van der Waals surface area contributed by atoms with Gasteiger partial charge in [0.2, 0.25) is 0 Å². The lowest BCUT2D eigenvalue weighted by atomic mass is 9.90. The number of nitrogens with zero attached hydrogens (tertiary/aromatic N) is 1. The molecule has 1 unspecified atom stereocenters. The topological polar surface area (TPSA) is 53.6 Å². The summed E-state index contributed by atoms with van der Waals surface area (Å²) < 4.78 is 19.0. The fourth-order valence-corrected chi connectivity index (χ4v) is 3.67. The van der Waals surface area contributed by atoms with E-state index in [1.807, 2.05) is 6.07 Å². The number of rotatable bonds is 4. The summed E-state index contributed by atoms with van der Waals surface area (Å²) in [5.74, 6) is -0.246. The maximum absolute atomic E-state index is 13.4. The molecule has 1 aromatic carbocycles. The van der Waals surface area contributed by atoms with Gasteiger partial charge in [-0.05, 0) is 57.0 Å². The van der Waals surface area contributed by atoms with Gasteiger partial charge in [0.1, 0.15) is 11.4 Å². The molecule has 2 aliphatic rings. The van der Waals surface area contributed by atoms with Gasteiger partial charge in [-0.3, -0.25) is 4.79 Å². The molecule has 148 valence electrons. The first-order chi connectivity index (χ1) is 11.6. The number of hydrogen-bond donors (Lipinski definition) is 2. The Kier molecular flexibility index (Phi) is 9.10. The van der Waals surface area contributed by atoms with Crippen LogP contribution in [-0.2, 0) is 9.53 Å². The molecule has 1 aromatic rings. The molecule has 1 amide bonds. The van der Waals surface area contributed by atoms with Gasteiger partial charge in [-0.1, -0.05) is 6.07 Å². The van der Waals surface area contributed by atoms with E-state index in [2.05, 4.69) is 15.5 Å². The third kappa shape index (κ3) is 5.22. The van der Waals surface area contributed by atoms with Crippen molar-refractivity contribution in [3.05, 3.63) is 30.1 Å². The lowest BCUT2D eigenvalue weighted by Gasteiger charge is -2.39. The standard InChI is InChI=1S/C18H26FN3O2.2ClH/c1-24-18(7-9-20-10-8-18)17(23)21-15-5-3-11-22(13-15)16-6-2-4-14(19)12-16;;/h2,4,6,12,15,20H,3,5,7-11,13H2,1H3,(H,21,23);2*1H. The molecule has 3 rings (SSSR count). The fraction of sp³-hybridized carbons (Fsp3) is 0.611. The van der Waals surface area contributed by atoms with Crippen LogP contribution in [0.2, 0.25) is 0 Å². The van der Waals surface area contributed by atoms with Crippen LogP contribution in [0.25, 0.3) is 0 Å². The number of methoxy groups -OCH3 is 1. The molecule has 26 heavy (non-hydrogen) atoms. The predicted molar refractivity (Wildman–Crippen MR) is 106 cm³/mol. The minimum Gasteiger partial charge on any atom is -0.369 e. The lowest BCUT2D eigenvalue weighted by molar-refractivity contribution is -0.147. The van der Waals surface area contributed by atoms with Gasteiger partial charge >= 0.3 is 0 Å². The minimum atomic E-state index is -0.716. The van der Waals surface area contributed by atoms with Gasteiger partial charge in [-0.2, -0.15) is 0 Å². The Balaban J connectivity index is 0.00000169. The van der Waals surface area contributed by atoms with Crippen molar-refractivity contribution < 1.29 is 13.9 Å². The Bertz CT molecular complexity index is 585. The number of carbonyl (C=O) groups is 1. The molecular weight excluding hydrogens is 380 g/mol. The first-order valence-electron chi connectivity index (χ1n) is 8.70. The fourth-order valence-electron chi connectivity index (χ4n) is 3.67. The number of anilines is 1. The van der Waals surface area contributed by atoms with Gasteiger partial charge in [-0.25, -0.2) is 4.39 Å². The second kappa shape index (κ2) is 10.3. The smallest absolute Gasteiger partial charge is 0.252 e. The lowest BCUT2D eigenvalue weighted by Crippen LogP contribution is -2.58. The van der Waals surface area contributed by atoms with Crippen molar-refractivity contribution in [1.29, 1.82) is 0 Å².